The lowest BCUT2D eigenvalue weighted by atomic mass is 10.3. The van der Waals surface area contributed by atoms with Crippen molar-refractivity contribution in [2.24, 2.45) is 4.99 Å². The topological polar surface area (TPSA) is 29.4 Å². The van der Waals surface area contributed by atoms with Gasteiger partial charge in [-0.15, -0.1) is 0 Å². The van der Waals surface area contributed by atoms with Crippen LogP contribution in [0.2, 0.25) is 0 Å². The average molecular weight is 158 g/mol. The Morgan fingerprint density at radius 2 is 2.30 bits per heavy atom. The van der Waals surface area contributed by atoms with Gasteiger partial charge in [-0.2, -0.15) is 0 Å². The van der Waals surface area contributed by atoms with Crippen molar-refractivity contribution in [3.8, 4) is 0 Å². The molecular formula is C7H8ClNO. The van der Waals surface area contributed by atoms with Gasteiger partial charge in [0.15, 0.2) is 0 Å². The van der Waals surface area contributed by atoms with Crippen LogP contribution in [0.15, 0.2) is 28.9 Å². The summed E-state index contributed by atoms with van der Waals surface area (Å²) in [6.45, 7) is 4.85. The average Bonchev–Trinajstić information content (AvgIpc) is 1.88. The van der Waals surface area contributed by atoms with Crippen LogP contribution < -0.4 is 0 Å². The third-order valence-corrected chi connectivity index (χ3v) is 1.15. The maximum absolute atomic E-state index is 10.4. The largest absolute Gasteiger partial charge is 0.276 e. The number of nitrogens with zero attached hydrogens (tertiary/aromatic N) is 1. The van der Waals surface area contributed by atoms with Crippen molar-refractivity contribution in [1.29, 1.82) is 0 Å². The summed E-state index contributed by atoms with van der Waals surface area (Å²) in [7, 11) is 0. The van der Waals surface area contributed by atoms with Gasteiger partial charge in [0.25, 0.3) is 0 Å². The Labute approximate surface area is 64.9 Å². The number of halogens is 1. The standard InChI is InChI=1S/C7H8ClNO/c1-6(7(8)10)4-3-5-9-2/h3-5H,2H2,1H3/b5-3-,6-4+. The molecule has 0 rings (SSSR count). The minimum Gasteiger partial charge on any atom is -0.276 e. The molecule has 0 bridgehead atoms. The molecule has 0 spiro atoms. The van der Waals surface area contributed by atoms with Gasteiger partial charge in [-0.25, -0.2) is 0 Å². The SMILES string of the molecule is C=N/C=C\C=C(/C)C(=O)Cl. The molecule has 0 N–H and O–H groups in total. The first-order valence-electron chi connectivity index (χ1n) is 2.67. The molecule has 0 radical (unpaired) electrons. The summed E-state index contributed by atoms with van der Waals surface area (Å²) in [5.74, 6) is 0. The van der Waals surface area contributed by atoms with Crippen LogP contribution in [0.3, 0.4) is 0 Å². The predicted molar refractivity (Wildman–Crippen MR) is 43.3 cm³/mol. The second-order valence-corrected chi connectivity index (χ2v) is 1.99. The highest BCUT2D eigenvalue weighted by atomic mass is 35.5. The van der Waals surface area contributed by atoms with Crippen molar-refractivity contribution in [3.63, 3.8) is 0 Å². The van der Waals surface area contributed by atoms with Gasteiger partial charge in [-0.1, -0.05) is 6.08 Å². The lowest BCUT2D eigenvalue weighted by molar-refractivity contribution is -0.108. The van der Waals surface area contributed by atoms with E-state index in [-0.39, 0.29) is 0 Å². The van der Waals surface area contributed by atoms with E-state index in [4.69, 9.17) is 11.6 Å². The van der Waals surface area contributed by atoms with Crippen LogP contribution in [0.4, 0.5) is 0 Å². The normalized spacial score (nSPS) is 12.0. The van der Waals surface area contributed by atoms with E-state index in [1.54, 1.807) is 19.1 Å². The molecule has 0 aromatic carbocycles. The van der Waals surface area contributed by atoms with Gasteiger partial charge in [0.1, 0.15) is 0 Å². The number of rotatable bonds is 3. The molecule has 0 aliphatic carbocycles. The first-order chi connectivity index (χ1) is 4.68. The van der Waals surface area contributed by atoms with Gasteiger partial charge in [0, 0.05) is 11.8 Å². The highest BCUT2D eigenvalue weighted by Crippen LogP contribution is 1.97. The molecule has 0 aromatic rings. The van der Waals surface area contributed by atoms with Gasteiger partial charge >= 0.3 is 0 Å². The Morgan fingerprint density at radius 3 is 2.70 bits per heavy atom. The van der Waals surface area contributed by atoms with Crippen molar-refractivity contribution in [2.75, 3.05) is 0 Å². The molecule has 0 amide bonds. The highest BCUT2D eigenvalue weighted by Gasteiger charge is 1.94. The summed E-state index contributed by atoms with van der Waals surface area (Å²) in [6, 6.07) is 0. The Balaban J connectivity index is 4.04. The molecule has 54 valence electrons. The fraction of sp³-hybridized carbons (Fsp3) is 0.143. The third kappa shape index (κ3) is 4.04. The molecule has 0 unspecified atom stereocenters. The maximum atomic E-state index is 10.4. The summed E-state index contributed by atoms with van der Waals surface area (Å²) < 4.78 is 0. The smallest absolute Gasteiger partial charge is 0.248 e. The Kier molecular flexibility index (Phi) is 4.50. The van der Waals surface area contributed by atoms with Crippen molar-refractivity contribution in [2.45, 2.75) is 6.92 Å². The fourth-order valence-electron chi connectivity index (χ4n) is 0.314. The fourth-order valence-corrected chi connectivity index (χ4v) is 0.377. The van der Waals surface area contributed by atoms with E-state index in [0.717, 1.165) is 0 Å². The van der Waals surface area contributed by atoms with Crippen LogP contribution in [-0.2, 0) is 4.79 Å². The van der Waals surface area contributed by atoms with Crippen molar-refractivity contribution >= 4 is 23.6 Å². The summed E-state index contributed by atoms with van der Waals surface area (Å²) in [5.41, 5.74) is 0.488. The molecule has 0 fully saturated rings. The monoisotopic (exact) mass is 157 g/mol. The third-order valence-electron chi connectivity index (χ3n) is 0.848. The first-order valence-corrected chi connectivity index (χ1v) is 3.05. The Bertz CT molecular complexity index is 194. The molecule has 0 heterocycles. The van der Waals surface area contributed by atoms with Crippen LogP contribution in [0.25, 0.3) is 0 Å². The zero-order valence-electron chi connectivity index (χ0n) is 5.67. The molecule has 0 aliphatic rings. The molecule has 2 nitrogen and oxygen atoms in total. The van der Waals surface area contributed by atoms with Gasteiger partial charge in [0.2, 0.25) is 5.24 Å². The minimum absolute atomic E-state index is 0.450. The zero-order valence-corrected chi connectivity index (χ0v) is 6.43. The van der Waals surface area contributed by atoms with Crippen LogP contribution in [-0.4, -0.2) is 12.0 Å². The van der Waals surface area contributed by atoms with Crippen LogP contribution in [0.5, 0.6) is 0 Å². The van der Waals surface area contributed by atoms with Crippen molar-refractivity contribution in [1.82, 2.24) is 0 Å². The van der Waals surface area contributed by atoms with E-state index >= 15 is 0 Å². The Hall–Kier alpha value is -0.890. The lowest BCUT2D eigenvalue weighted by Crippen LogP contribution is -1.84. The van der Waals surface area contributed by atoms with Crippen molar-refractivity contribution in [3.05, 3.63) is 23.9 Å². The molecule has 0 aromatic heterocycles. The van der Waals surface area contributed by atoms with Crippen molar-refractivity contribution < 1.29 is 4.79 Å². The Morgan fingerprint density at radius 1 is 1.70 bits per heavy atom. The number of carbonyl (C=O) groups excluding carboxylic acids is 1. The molecule has 10 heavy (non-hydrogen) atoms. The van der Waals surface area contributed by atoms with E-state index in [9.17, 15) is 4.79 Å². The van der Waals surface area contributed by atoms with Crippen LogP contribution >= 0.6 is 11.6 Å². The number of hydrogen-bond donors (Lipinski definition) is 0. The molecule has 0 aliphatic heterocycles. The number of aliphatic imine (C=N–C) groups is 1. The number of allylic oxidation sites excluding steroid dienone is 3. The van der Waals surface area contributed by atoms with E-state index in [1.165, 1.54) is 6.20 Å². The minimum atomic E-state index is -0.450. The van der Waals surface area contributed by atoms with Crippen LogP contribution in [0.1, 0.15) is 6.92 Å². The first kappa shape index (κ1) is 9.11. The molecule has 0 atom stereocenters. The summed E-state index contributed by atoms with van der Waals surface area (Å²) in [5, 5.41) is -0.450. The molecule has 3 heteroatoms. The highest BCUT2D eigenvalue weighted by molar-refractivity contribution is 6.67. The molecule has 0 saturated heterocycles. The van der Waals surface area contributed by atoms with E-state index in [0.29, 0.717) is 5.57 Å². The summed E-state index contributed by atoms with van der Waals surface area (Å²) in [6.07, 6.45) is 4.65. The number of carbonyl (C=O) groups is 1. The van der Waals surface area contributed by atoms with Gasteiger partial charge in [0.05, 0.1) is 0 Å². The summed E-state index contributed by atoms with van der Waals surface area (Å²) in [4.78, 5) is 13.8. The van der Waals surface area contributed by atoms with E-state index < -0.39 is 5.24 Å². The predicted octanol–water partition coefficient (Wildman–Crippen LogP) is 1.91. The maximum Gasteiger partial charge on any atom is 0.248 e. The van der Waals surface area contributed by atoms with Gasteiger partial charge < -0.3 is 0 Å². The quantitative estimate of drug-likeness (QED) is 0.266. The van der Waals surface area contributed by atoms with Crippen LogP contribution in [0, 0.1) is 0 Å². The van der Waals surface area contributed by atoms with E-state index in [2.05, 4.69) is 11.7 Å². The second kappa shape index (κ2) is 4.94. The lowest BCUT2D eigenvalue weighted by Gasteiger charge is -1.84. The molecular weight excluding hydrogens is 150 g/mol. The molecule has 0 saturated carbocycles. The zero-order chi connectivity index (χ0) is 7.98. The summed E-state index contributed by atoms with van der Waals surface area (Å²) >= 11 is 5.12. The van der Waals surface area contributed by atoms with E-state index in [1.807, 2.05) is 0 Å². The van der Waals surface area contributed by atoms with Gasteiger partial charge in [-0.05, 0) is 31.3 Å². The van der Waals surface area contributed by atoms with Gasteiger partial charge in [-0.3, -0.25) is 9.79 Å². The number of hydrogen-bond acceptors (Lipinski definition) is 2. The second-order valence-electron chi connectivity index (χ2n) is 1.65.